The number of aliphatic hydroxyl groups is 3. The Labute approximate surface area is 123 Å². The van der Waals surface area contributed by atoms with Crippen LogP contribution in [0.1, 0.15) is 11.9 Å². The molecule has 0 radical (unpaired) electrons. The number of ether oxygens (including phenoxy) is 1. The van der Waals surface area contributed by atoms with E-state index in [0.29, 0.717) is 26.9 Å². The molecule has 0 spiro atoms. The Morgan fingerprint density at radius 2 is 1.90 bits per heavy atom. The maximum Gasteiger partial charge on any atom is 0.144 e. The number of benzene rings is 1. The van der Waals surface area contributed by atoms with Gasteiger partial charge in [0.25, 0.3) is 0 Å². The van der Waals surface area contributed by atoms with Crippen LogP contribution in [0.5, 0.6) is 0 Å². The summed E-state index contributed by atoms with van der Waals surface area (Å²) in [4.78, 5) is 7.24. The van der Waals surface area contributed by atoms with E-state index >= 15 is 0 Å². The van der Waals surface area contributed by atoms with Crippen LogP contribution < -0.4 is 0 Å². The number of nitrogens with one attached hydrogen (secondary N) is 1. The SMILES string of the molecule is OC[C@H]1O[C@@H](c2nc3cc(Cl)c(Cl)cc3[nH]2)[C@@H](O)[C@@H]1O. The summed E-state index contributed by atoms with van der Waals surface area (Å²) in [5.41, 5.74) is 1.22. The summed E-state index contributed by atoms with van der Waals surface area (Å²) in [6, 6.07) is 3.22. The summed E-state index contributed by atoms with van der Waals surface area (Å²) in [5.74, 6) is 0.348. The van der Waals surface area contributed by atoms with Crippen molar-refractivity contribution in [3.63, 3.8) is 0 Å². The molecule has 0 amide bonds. The zero-order valence-electron chi connectivity index (χ0n) is 10.1. The number of hydrogen-bond donors (Lipinski definition) is 4. The lowest BCUT2D eigenvalue weighted by atomic mass is 10.1. The second-order valence-corrected chi connectivity index (χ2v) is 5.48. The number of imidazole rings is 1. The molecule has 4 N–H and O–H groups in total. The average molecular weight is 319 g/mol. The minimum Gasteiger partial charge on any atom is -0.394 e. The van der Waals surface area contributed by atoms with E-state index in [2.05, 4.69) is 9.97 Å². The first-order chi connectivity index (χ1) is 9.51. The number of fused-ring (bicyclic) bond motifs is 1. The first-order valence-corrected chi connectivity index (χ1v) is 6.74. The van der Waals surface area contributed by atoms with Crippen LogP contribution >= 0.6 is 23.2 Å². The predicted molar refractivity (Wildman–Crippen MR) is 72.8 cm³/mol. The number of aromatic nitrogens is 2. The van der Waals surface area contributed by atoms with E-state index in [4.69, 9.17) is 33.0 Å². The Kier molecular flexibility index (Phi) is 3.62. The van der Waals surface area contributed by atoms with Gasteiger partial charge in [-0.15, -0.1) is 0 Å². The lowest BCUT2D eigenvalue weighted by Gasteiger charge is -2.11. The molecular formula is C12H12Cl2N2O4. The van der Waals surface area contributed by atoms with Crippen LogP contribution in [0.25, 0.3) is 11.0 Å². The van der Waals surface area contributed by atoms with Gasteiger partial charge in [-0.05, 0) is 12.1 Å². The first kappa shape index (κ1) is 14.1. The van der Waals surface area contributed by atoms with Gasteiger partial charge >= 0.3 is 0 Å². The molecule has 2 heterocycles. The van der Waals surface area contributed by atoms with Crippen LogP contribution in [0.2, 0.25) is 10.0 Å². The fourth-order valence-electron chi connectivity index (χ4n) is 2.28. The molecule has 1 aliphatic rings. The van der Waals surface area contributed by atoms with E-state index < -0.39 is 24.4 Å². The quantitative estimate of drug-likeness (QED) is 0.662. The highest BCUT2D eigenvalue weighted by molar-refractivity contribution is 6.42. The molecule has 0 saturated carbocycles. The van der Waals surface area contributed by atoms with Crippen LogP contribution in [-0.2, 0) is 4.74 Å². The Morgan fingerprint density at radius 1 is 1.20 bits per heavy atom. The van der Waals surface area contributed by atoms with Crippen LogP contribution in [0.15, 0.2) is 12.1 Å². The van der Waals surface area contributed by atoms with Gasteiger partial charge in [-0.1, -0.05) is 23.2 Å². The molecule has 3 rings (SSSR count). The van der Waals surface area contributed by atoms with Gasteiger partial charge in [0.15, 0.2) is 0 Å². The lowest BCUT2D eigenvalue weighted by molar-refractivity contribution is -0.0249. The normalized spacial score (nSPS) is 30.2. The van der Waals surface area contributed by atoms with Crippen molar-refractivity contribution in [3.8, 4) is 0 Å². The molecule has 1 aromatic heterocycles. The highest BCUT2D eigenvalue weighted by Gasteiger charge is 2.44. The maximum absolute atomic E-state index is 9.95. The van der Waals surface area contributed by atoms with Crippen LogP contribution in [0, 0.1) is 0 Å². The third-order valence-electron chi connectivity index (χ3n) is 3.35. The van der Waals surface area contributed by atoms with Crippen LogP contribution in [0.3, 0.4) is 0 Å². The topological polar surface area (TPSA) is 98.6 Å². The molecule has 8 heteroatoms. The summed E-state index contributed by atoms with van der Waals surface area (Å²) >= 11 is 11.8. The summed E-state index contributed by atoms with van der Waals surface area (Å²) < 4.78 is 5.40. The van der Waals surface area contributed by atoms with Gasteiger partial charge in [-0.25, -0.2) is 4.98 Å². The molecular weight excluding hydrogens is 307 g/mol. The number of nitrogens with zero attached hydrogens (tertiary/aromatic N) is 1. The lowest BCUT2D eigenvalue weighted by Crippen LogP contribution is -2.32. The number of rotatable bonds is 2. The summed E-state index contributed by atoms with van der Waals surface area (Å²) in [6.07, 6.45) is -4.01. The Morgan fingerprint density at radius 3 is 2.55 bits per heavy atom. The molecule has 0 unspecified atom stereocenters. The highest BCUT2D eigenvalue weighted by atomic mass is 35.5. The predicted octanol–water partition coefficient (Wildman–Crippen LogP) is 1.02. The Hall–Kier alpha value is -0.890. The van der Waals surface area contributed by atoms with E-state index in [-0.39, 0.29) is 6.61 Å². The van der Waals surface area contributed by atoms with E-state index in [1.54, 1.807) is 12.1 Å². The van der Waals surface area contributed by atoms with Gasteiger partial charge < -0.3 is 25.0 Å². The van der Waals surface area contributed by atoms with Crippen molar-refractivity contribution in [2.24, 2.45) is 0 Å². The van der Waals surface area contributed by atoms with Crippen LogP contribution in [-0.4, -0.2) is 50.2 Å². The smallest absolute Gasteiger partial charge is 0.144 e. The van der Waals surface area contributed by atoms with Gasteiger partial charge in [0, 0.05) is 0 Å². The summed E-state index contributed by atoms with van der Waals surface area (Å²) in [5, 5.41) is 29.5. The largest absolute Gasteiger partial charge is 0.394 e. The van der Waals surface area contributed by atoms with Crippen molar-refractivity contribution in [2.75, 3.05) is 6.61 Å². The number of aliphatic hydroxyl groups excluding tert-OH is 3. The average Bonchev–Trinajstić information content (AvgIpc) is 2.93. The van der Waals surface area contributed by atoms with Crippen LogP contribution in [0.4, 0.5) is 0 Å². The fourth-order valence-corrected chi connectivity index (χ4v) is 2.61. The standard InChI is InChI=1S/C12H12Cl2N2O4/c13-4-1-6-7(2-5(4)14)16-12(15-6)11-10(19)9(18)8(3-17)20-11/h1-2,8-11,17-19H,3H2,(H,15,16)/t8-,9-,10+,11-/m1/s1. The van der Waals surface area contributed by atoms with E-state index in [9.17, 15) is 10.2 Å². The van der Waals surface area contributed by atoms with Crippen molar-refractivity contribution < 1.29 is 20.1 Å². The highest BCUT2D eigenvalue weighted by Crippen LogP contribution is 2.34. The summed E-state index contributed by atoms with van der Waals surface area (Å²) in [7, 11) is 0. The second-order valence-electron chi connectivity index (χ2n) is 4.66. The van der Waals surface area contributed by atoms with Crippen molar-refractivity contribution in [1.29, 1.82) is 0 Å². The number of aromatic amines is 1. The molecule has 1 fully saturated rings. The molecule has 0 bridgehead atoms. The molecule has 1 aromatic carbocycles. The minimum absolute atomic E-state index is 0.348. The molecule has 1 saturated heterocycles. The number of halogens is 2. The fraction of sp³-hybridized carbons (Fsp3) is 0.417. The molecule has 20 heavy (non-hydrogen) atoms. The molecule has 0 aliphatic carbocycles. The third-order valence-corrected chi connectivity index (χ3v) is 4.08. The zero-order valence-corrected chi connectivity index (χ0v) is 11.6. The van der Waals surface area contributed by atoms with E-state index in [1.165, 1.54) is 0 Å². The Bertz CT molecular complexity index is 609. The molecule has 108 valence electrons. The van der Waals surface area contributed by atoms with Crippen molar-refractivity contribution in [1.82, 2.24) is 9.97 Å². The molecule has 1 aliphatic heterocycles. The molecule has 6 nitrogen and oxygen atoms in total. The monoisotopic (exact) mass is 318 g/mol. The zero-order chi connectivity index (χ0) is 14.4. The minimum atomic E-state index is -1.17. The van der Waals surface area contributed by atoms with Gasteiger partial charge in [0.1, 0.15) is 30.2 Å². The van der Waals surface area contributed by atoms with Gasteiger partial charge in [-0.2, -0.15) is 0 Å². The summed E-state index contributed by atoms with van der Waals surface area (Å²) in [6.45, 7) is -0.382. The molecule has 2 aromatic rings. The number of H-pyrrole nitrogens is 1. The van der Waals surface area contributed by atoms with Crippen molar-refractivity contribution in [3.05, 3.63) is 28.0 Å². The maximum atomic E-state index is 9.95. The van der Waals surface area contributed by atoms with Crippen molar-refractivity contribution in [2.45, 2.75) is 24.4 Å². The van der Waals surface area contributed by atoms with Gasteiger partial charge in [0.05, 0.1) is 27.7 Å². The second kappa shape index (κ2) is 5.14. The third kappa shape index (κ3) is 2.18. The van der Waals surface area contributed by atoms with Gasteiger partial charge in [0.2, 0.25) is 0 Å². The molecule has 4 atom stereocenters. The van der Waals surface area contributed by atoms with E-state index in [1.807, 2.05) is 0 Å². The van der Waals surface area contributed by atoms with Gasteiger partial charge in [-0.3, -0.25) is 0 Å². The van der Waals surface area contributed by atoms with E-state index in [0.717, 1.165) is 0 Å². The number of hydrogen-bond acceptors (Lipinski definition) is 5. The Balaban J connectivity index is 1.99. The van der Waals surface area contributed by atoms with Crippen molar-refractivity contribution >= 4 is 34.2 Å². The first-order valence-electron chi connectivity index (χ1n) is 5.98.